The van der Waals surface area contributed by atoms with Gasteiger partial charge in [0.25, 0.3) is 0 Å². The number of esters is 2. The number of phosphoric ester groups is 1. The Morgan fingerprint density at radius 3 is 1.59 bits per heavy atom. The van der Waals surface area contributed by atoms with Gasteiger partial charge in [-0.25, -0.2) is 4.57 Å². The summed E-state index contributed by atoms with van der Waals surface area (Å²) in [5.74, 6) is -2.54. The Morgan fingerprint density at radius 1 is 0.590 bits per heavy atom. The molecule has 0 aliphatic carbocycles. The number of ether oxygens (including phenoxy) is 2. The monoisotopic (exact) mass is 874 g/mol. The average Bonchev–Trinajstić information content (AvgIpc) is 3.24. The second kappa shape index (κ2) is 41.5. The first-order chi connectivity index (χ1) is 29.5. The first-order valence-electron chi connectivity index (χ1n) is 22.0. The quantitative estimate of drug-likeness (QED) is 0.0150. The molecule has 0 heterocycles. The number of carboxylic acids is 1. The van der Waals surface area contributed by atoms with Gasteiger partial charge in [-0.2, -0.15) is 0 Å². The summed E-state index contributed by atoms with van der Waals surface area (Å²) in [7, 11) is -4.76. The lowest BCUT2D eigenvalue weighted by atomic mass is 10.1. The third kappa shape index (κ3) is 41.2. The summed E-state index contributed by atoms with van der Waals surface area (Å²) in [6.45, 7) is 2.32. The fraction of sp³-hybridized carbons (Fsp3) is 0.562. The summed E-state index contributed by atoms with van der Waals surface area (Å²) in [6, 6.07) is -1.55. The summed E-state index contributed by atoms with van der Waals surface area (Å²) in [6.07, 6.45) is 51.1. The molecule has 0 aliphatic heterocycles. The molecule has 0 aromatic heterocycles. The molecule has 0 saturated heterocycles. The highest BCUT2D eigenvalue weighted by Gasteiger charge is 2.28. The molecule has 0 aliphatic rings. The van der Waals surface area contributed by atoms with Gasteiger partial charge in [0.1, 0.15) is 12.6 Å². The third-order valence-electron chi connectivity index (χ3n) is 8.66. The molecule has 0 radical (unpaired) electrons. The maximum Gasteiger partial charge on any atom is 0.472 e. The molecule has 0 amide bonds. The van der Waals surface area contributed by atoms with Crippen LogP contribution < -0.4 is 5.73 Å². The highest BCUT2D eigenvalue weighted by molar-refractivity contribution is 7.47. The van der Waals surface area contributed by atoms with E-state index in [9.17, 15) is 28.9 Å². The van der Waals surface area contributed by atoms with Crippen LogP contribution >= 0.6 is 7.82 Å². The summed E-state index contributed by atoms with van der Waals surface area (Å²) in [5.41, 5.74) is 5.33. The number of hydrogen-bond acceptors (Lipinski definition) is 10. The largest absolute Gasteiger partial charge is 0.480 e. The molecule has 61 heavy (non-hydrogen) atoms. The molecule has 13 heteroatoms. The Hall–Kier alpha value is -3.90. The van der Waals surface area contributed by atoms with Crippen molar-refractivity contribution < 1.29 is 52.6 Å². The van der Waals surface area contributed by atoms with Gasteiger partial charge < -0.3 is 30.3 Å². The molecular weight excluding hydrogens is 797 g/mol. The lowest BCUT2D eigenvalue weighted by molar-refractivity contribution is -0.161. The molecule has 0 fully saturated rings. The van der Waals surface area contributed by atoms with Gasteiger partial charge in [-0.05, 0) is 89.9 Å². The SMILES string of the molecule is CCCCC/C=C\C/C=C\C/C=C\C/C=C\CCCCCC(=O)O[C@H](COC(=O)CCC/C=C\C/C=C\C/C=C\C/C=C\C=C\[C@@H](O)CC)COP(=O)(O)OC[C@H](N)C(=O)O. The van der Waals surface area contributed by atoms with Gasteiger partial charge in [-0.3, -0.25) is 23.4 Å². The molecule has 5 N–H and O–H groups in total. The van der Waals surface area contributed by atoms with Crippen molar-refractivity contribution in [2.24, 2.45) is 5.73 Å². The second-order valence-electron chi connectivity index (χ2n) is 14.3. The zero-order valence-electron chi connectivity index (χ0n) is 36.8. The number of carboxylic acid groups (broad SMARTS) is 1. The molecule has 344 valence electrons. The Kier molecular flexibility index (Phi) is 38.8. The van der Waals surface area contributed by atoms with Crippen LogP contribution in [-0.2, 0) is 37.5 Å². The van der Waals surface area contributed by atoms with E-state index in [2.05, 4.69) is 84.4 Å². The number of unbranched alkanes of at least 4 members (excludes halogenated alkanes) is 7. The van der Waals surface area contributed by atoms with Crippen molar-refractivity contribution in [2.75, 3.05) is 19.8 Å². The maximum absolute atomic E-state index is 12.6. The lowest BCUT2D eigenvalue weighted by Gasteiger charge is -2.20. The van der Waals surface area contributed by atoms with E-state index < -0.39 is 63.8 Å². The predicted octanol–water partition coefficient (Wildman–Crippen LogP) is 10.8. The fourth-order valence-electron chi connectivity index (χ4n) is 5.03. The molecule has 0 spiro atoms. The molecule has 12 nitrogen and oxygen atoms in total. The van der Waals surface area contributed by atoms with Crippen LogP contribution in [0.4, 0.5) is 0 Å². The van der Waals surface area contributed by atoms with E-state index in [1.165, 1.54) is 19.3 Å². The van der Waals surface area contributed by atoms with Crippen molar-refractivity contribution in [3.8, 4) is 0 Å². The summed E-state index contributed by atoms with van der Waals surface area (Å²) in [5, 5.41) is 18.4. The normalized spacial score (nSPS) is 15.2. The second-order valence-corrected chi connectivity index (χ2v) is 15.7. The molecule has 0 saturated carbocycles. The summed E-state index contributed by atoms with van der Waals surface area (Å²) in [4.78, 5) is 46.0. The number of carbonyl (C=O) groups excluding carboxylic acids is 2. The lowest BCUT2D eigenvalue weighted by Crippen LogP contribution is -2.34. The van der Waals surface area contributed by atoms with E-state index in [1.54, 1.807) is 6.08 Å². The van der Waals surface area contributed by atoms with Crippen LogP contribution in [0, 0.1) is 0 Å². The van der Waals surface area contributed by atoms with Crippen molar-refractivity contribution in [1.82, 2.24) is 0 Å². The van der Waals surface area contributed by atoms with Crippen LogP contribution in [0.5, 0.6) is 0 Å². The number of allylic oxidation sites excluding steroid dienone is 17. The standard InChI is InChI=1S/C48H76NO11P/c1-3-5-6-7-8-9-10-11-12-13-14-15-16-21-24-27-30-33-36-39-47(52)60-44(41-58-61(55,56)59-42-45(49)48(53)54)40-57-46(51)38-35-32-29-26-23-20-18-17-19-22-25-28-31-34-37-43(50)4-2/h8-9,11-12,14-15,18-22,24,26,28-29,31,34,37,43-45,50H,3-7,10,13,16-17,23,25,27,30,32-33,35-36,38-42,49H2,1-2H3,(H,53,54)(H,55,56)/b9-8-,12-11-,15-14-,20-18-,22-19-,24-21-,29-26-,31-28-,37-34+/t43-,44+,45-/m0/s1. The number of hydrogen-bond donors (Lipinski definition) is 4. The Bertz CT molecular complexity index is 1460. The molecule has 1 unspecified atom stereocenters. The summed E-state index contributed by atoms with van der Waals surface area (Å²) >= 11 is 0. The molecule has 0 aromatic carbocycles. The minimum Gasteiger partial charge on any atom is -0.480 e. The first-order valence-corrected chi connectivity index (χ1v) is 23.5. The number of rotatable bonds is 39. The number of carbonyl (C=O) groups is 3. The fourth-order valence-corrected chi connectivity index (χ4v) is 5.81. The Morgan fingerprint density at radius 2 is 1.07 bits per heavy atom. The highest BCUT2D eigenvalue weighted by atomic mass is 31.2. The minimum atomic E-state index is -4.76. The maximum atomic E-state index is 12.6. The van der Waals surface area contributed by atoms with E-state index in [4.69, 9.17) is 24.8 Å². The summed E-state index contributed by atoms with van der Waals surface area (Å²) < 4.78 is 32.6. The van der Waals surface area contributed by atoms with Crippen LogP contribution in [0.2, 0.25) is 0 Å². The smallest absolute Gasteiger partial charge is 0.472 e. The number of aliphatic carboxylic acids is 1. The van der Waals surface area contributed by atoms with E-state index in [1.807, 2.05) is 37.3 Å². The van der Waals surface area contributed by atoms with Crippen LogP contribution in [-0.4, -0.2) is 71.1 Å². The predicted molar refractivity (Wildman–Crippen MR) is 246 cm³/mol. The zero-order valence-corrected chi connectivity index (χ0v) is 37.7. The minimum absolute atomic E-state index is 0.0972. The van der Waals surface area contributed by atoms with E-state index >= 15 is 0 Å². The molecule has 0 aromatic rings. The van der Waals surface area contributed by atoms with Crippen molar-refractivity contribution >= 4 is 25.7 Å². The van der Waals surface area contributed by atoms with Crippen molar-refractivity contribution in [2.45, 2.75) is 154 Å². The van der Waals surface area contributed by atoms with Gasteiger partial charge in [0, 0.05) is 12.8 Å². The van der Waals surface area contributed by atoms with Crippen LogP contribution in [0.25, 0.3) is 0 Å². The van der Waals surface area contributed by atoms with Crippen molar-refractivity contribution in [3.63, 3.8) is 0 Å². The van der Waals surface area contributed by atoms with E-state index in [0.717, 1.165) is 64.2 Å². The number of phosphoric acid groups is 1. The molecule has 0 bridgehead atoms. The van der Waals surface area contributed by atoms with E-state index in [-0.39, 0.29) is 12.8 Å². The number of aliphatic hydroxyl groups excluding tert-OH is 1. The van der Waals surface area contributed by atoms with Crippen molar-refractivity contribution in [3.05, 3.63) is 109 Å². The molecular formula is C48H76NO11P. The third-order valence-corrected chi connectivity index (χ3v) is 9.61. The van der Waals surface area contributed by atoms with Gasteiger partial charge in [-0.1, -0.05) is 142 Å². The van der Waals surface area contributed by atoms with E-state index in [0.29, 0.717) is 25.7 Å². The number of nitrogens with two attached hydrogens (primary N) is 1. The van der Waals surface area contributed by atoms with Gasteiger partial charge in [-0.15, -0.1) is 0 Å². The van der Waals surface area contributed by atoms with Gasteiger partial charge in [0.15, 0.2) is 6.10 Å². The van der Waals surface area contributed by atoms with Crippen molar-refractivity contribution in [1.29, 1.82) is 0 Å². The molecule has 0 rings (SSSR count). The van der Waals surface area contributed by atoms with Crippen LogP contribution in [0.15, 0.2) is 109 Å². The average molecular weight is 874 g/mol. The van der Waals surface area contributed by atoms with Crippen LogP contribution in [0.1, 0.15) is 136 Å². The highest BCUT2D eigenvalue weighted by Crippen LogP contribution is 2.43. The van der Waals surface area contributed by atoms with Crippen LogP contribution in [0.3, 0.4) is 0 Å². The topological polar surface area (TPSA) is 192 Å². The van der Waals surface area contributed by atoms with Gasteiger partial charge >= 0.3 is 25.7 Å². The van der Waals surface area contributed by atoms with Gasteiger partial charge in [0.05, 0.1) is 19.3 Å². The Labute approximate surface area is 366 Å². The van der Waals surface area contributed by atoms with Gasteiger partial charge in [0.2, 0.25) is 0 Å². The Balaban J connectivity index is 4.56. The first kappa shape index (κ1) is 57.1. The zero-order chi connectivity index (χ0) is 45.1. The number of aliphatic hydroxyl groups is 1. The molecule has 4 atom stereocenters.